The average Bonchev–Trinajstić information content (AvgIpc) is 3.07. The largest absolute Gasteiger partial charge is 0.325 e. The molecule has 0 aromatic carbocycles. The van der Waals surface area contributed by atoms with Crippen LogP contribution >= 0.6 is 0 Å². The van der Waals surface area contributed by atoms with E-state index in [0.717, 1.165) is 19.4 Å². The highest BCUT2D eigenvalue weighted by atomic mass is 16.2. The molecule has 2 aliphatic carbocycles. The molecule has 1 saturated heterocycles. The normalized spacial score (nSPS) is 31.2. The molecular weight excluding hydrogens is 236 g/mol. The van der Waals surface area contributed by atoms with Gasteiger partial charge in [-0.15, -0.1) is 0 Å². The topological polar surface area (TPSA) is 32.3 Å². The van der Waals surface area contributed by atoms with E-state index in [1.54, 1.807) is 0 Å². The van der Waals surface area contributed by atoms with Crippen molar-refractivity contribution in [3.63, 3.8) is 0 Å². The number of hydrogen-bond donors (Lipinski definition) is 1. The molecule has 1 unspecified atom stereocenters. The Kier molecular flexibility index (Phi) is 3.59. The Bertz CT molecular complexity index is 341. The predicted octanol–water partition coefficient (Wildman–Crippen LogP) is 2.90. The SMILES string of the molecule is CC(C)CN1C(=O)C2(CCCC2)NC1C1CCCC1. The van der Waals surface area contributed by atoms with Crippen LogP contribution in [0.5, 0.6) is 0 Å². The Labute approximate surface area is 117 Å². The average molecular weight is 264 g/mol. The molecule has 3 rings (SSSR count). The summed E-state index contributed by atoms with van der Waals surface area (Å²) in [6.45, 7) is 5.37. The second kappa shape index (κ2) is 5.08. The zero-order valence-electron chi connectivity index (χ0n) is 12.5. The molecule has 3 heteroatoms. The van der Waals surface area contributed by atoms with Crippen molar-refractivity contribution < 1.29 is 4.79 Å². The molecule has 1 N–H and O–H groups in total. The summed E-state index contributed by atoms with van der Waals surface area (Å²) >= 11 is 0. The van der Waals surface area contributed by atoms with Crippen molar-refractivity contribution in [1.82, 2.24) is 10.2 Å². The highest BCUT2D eigenvalue weighted by Crippen LogP contribution is 2.41. The molecule has 3 fully saturated rings. The van der Waals surface area contributed by atoms with E-state index in [2.05, 4.69) is 24.1 Å². The van der Waals surface area contributed by atoms with Gasteiger partial charge >= 0.3 is 0 Å². The van der Waals surface area contributed by atoms with Gasteiger partial charge < -0.3 is 4.90 Å². The minimum Gasteiger partial charge on any atom is -0.325 e. The number of rotatable bonds is 3. The van der Waals surface area contributed by atoms with Crippen LogP contribution in [-0.4, -0.2) is 29.1 Å². The van der Waals surface area contributed by atoms with Crippen molar-refractivity contribution >= 4 is 5.91 Å². The molecular formula is C16H28N2O. The van der Waals surface area contributed by atoms with Crippen LogP contribution in [0.2, 0.25) is 0 Å². The molecule has 1 spiro atoms. The van der Waals surface area contributed by atoms with Gasteiger partial charge in [-0.2, -0.15) is 0 Å². The highest BCUT2D eigenvalue weighted by Gasteiger charge is 2.53. The molecule has 0 bridgehead atoms. The number of carbonyl (C=O) groups excluding carboxylic acids is 1. The van der Waals surface area contributed by atoms with Gasteiger partial charge in [-0.3, -0.25) is 10.1 Å². The van der Waals surface area contributed by atoms with Crippen LogP contribution in [0.4, 0.5) is 0 Å². The third-order valence-electron chi connectivity index (χ3n) is 5.30. The summed E-state index contributed by atoms with van der Waals surface area (Å²) < 4.78 is 0. The van der Waals surface area contributed by atoms with Crippen molar-refractivity contribution in [3.8, 4) is 0 Å². The van der Waals surface area contributed by atoms with E-state index in [9.17, 15) is 4.79 Å². The van der Waals surface area contributed by atoms with E-state index in [1.165, 1.54) is 38.5 Å². The van der Waals surface area contributed by atoms with Crippen molar-refractivity contribution in [1.29, 1.82) is 0 Å². The summed E-state index contributed by atoms with van der Waals surface area (Å²) in [5.74, 6) is 1.67. The summed E-state index contributed by atoms with van der Waals surface area (Å²) in [6, 6.07) is 0. The molecule has 108 valence electrons. The van der Waals surface area contributed by atoms with Gasteiger partial charge in [0, 0.05) is 6.54 Å². The molecule has 1 atom stereocenters. The zero-order valence-corrected chi connectivity index (χ0v) is 12.5. The number of nitrogens with one attached hydrogen (secondary N) is 1. The number of hydrogen-bond acceptors (Lipinski definition) is 2. The van der Waals surface area contributed by atoms with E-state index in [-0.39, 0.29) is 5.54 Å². The zero-order chi connectivity index (χ0) is 13.5. The molecule has 0 radical (unpaired) electrons. The third kappa shape index (κ3) is 2.31. The maximum Gasteiger partial charge on any atom is 0.244 e. The van der Waals surface area contributed by atoms with Crippen LogP contribution in [0, 0.1) is 11.8 Å². The molecule has 3 aliphatic rings. The first-order valence-electron chi connectivity index (χ1n) is 8.21. The molecule has 2 saturated carbocycles. The van der Waals surface area contributed by atoms with Gasteiger partial charge in [-0.25, -0.2) is 0 Å². The smallest absolute Gasteiger partial charge is 0.244 e. The standard InChI is InChI=1S/C16H28N2O/c1-12(2)11-18-14(13-7-3-4-8-13)17-16(15(18)19)9-5-6-10-16/h12-14,17H,3-11H2,1-2H3. The second-order valence-corrected chi connectivity index (χ2v) is 7.27. The van der Waals surface area contributed by atoms with E-state index in [1.807, 2.05) is 0 Å². The summed E-state index contributed by atoms with van der Waals surface area (Å²) in [4.78, 5) is 15.1. The lowest BCUT2D eigenvalue weighted by Gasteiger charge is -2.30. The number of nitrogens with zero attached hydrogens (tertiary/aromatic N) is 1. The fourth-order valence-electron chi connectivity index (χ4n) is 4.40. The first-order chi connectivity index (χ1) is 9.12. The second-order valence-electron chi connectivity index (χ2n) is 7.27. The number of carbonyl (C=O) groups is 1. The van der Waals surface area contributed by atoms with E-state index in [0.29, 0.717) is 23.9 Å². The van der Waals surface area contributed by atoms with E-state index >= 15 is 0 Å². The summed E-state index contributed by atoms with van der Waals surface area (Å²) in [5.41, 5.74) is -0.178. The van der Waals surface area contributed by atoms with Crippen LogP contribution in [0.25, 0.3) is 0 Å². The van der Waals surface area contributed by atoms with Crippen LogP contribution in [0.1, 0.15) is 65.2 Å². The van der Waals surface area contributed by atoms with Crippen molar-refractivity contribution in [2.75, 3.05) is 6.54 Å². The monoisotopic (exact) mass is 264 g/mol. The van der Waals surface area contributed by atoms with Crippen LogP contribution < -0.4 is 5.32 Å². The Morgan fingerprint density at radius 2 is 1.84 bits per heavy atom. The fourth-order valence-corrected chi connectivity index (χ4v) is 4.40. The third-order valence-corrected chi connectivity index (χ3v) is 5.30. The van der Waals surface area contributed by atoms with Crippen molar-refractivity contribution in [2.45, 2.75) is 76.9 Å². The molecule has 3 nitrogen and oxygen atoms in total. The minimum atomic E-state index is -0.178. The molecule has 19 heavy (non-hydrogen) atoms. The summed E-state index contributed by atoms with van der Waals surface area (Å²) in [7, 11) is 0. The van der Waals surface area contributed by atoms with Crippen molar-refractivity contribution in [3.05, 3.63) is 0 Å². The Hall–Kier alpha value is -0.570. The number of amides is 1. The summed E-state index contributed by atoms with van der Waals surface area (Å²) in [6.07, 6.45) is 10.2. The van der Waals surface area contributed by atoms with Crippen LogP contribution in [-0.2, 0) is 4.79 Å². The molecule has 1 aliphatic heterocycles. The molecule has 1 heterocycles. The molecule has 0 aromatic heterocycles. The van der Waals surface area contributed by atoms with Gasteiger partial charge in [0.1, 0.15) is 0 Å². The Morgan fingerprint density at radius 3 is 2.42 bits per heavy atom. The minimum absolute atomic E-state index is 0.178. The first kappa shape index (κ1) is 13.4. The molecule has 1 amide bonds. The molecule has 0 aromatic rings. The van der Waals surface area contributed by atoms with Gasteiger partial charge in [-0.05, 0) is 37.5 Å². The predicted molar refractivity (Wildman–Crippen MR) is 76.6 cm³/mol. The van der Waals surface area contributed by atoms with Gasteiger partial charge in [0.25, 0.3) is 0 Å². The van der Waals surface area contributed by atoms with Gasteiger partial charge in [0.2, 0.25) is 5.91 Å². The van der Waals surface area contributed by atoms with Gasteiger partial charge in [0.15, 0.2) is 0 Å². The van der Waals surface area contributed by atoms with Crippen molar-refractivity contribution in [2.24, 2.45) is 11.8 Å². The quantitative estimate of drug-likeness (QED) is 0.850. The van der Waals surface area contributed by atoms with E-state index < -0.39 is 0 Å². The fraction of sp³-hybridized carbons (Fsp3) is 0.938. The Balaban J connectivity index is 1.81. The van der Waals surface area contributed by atoms with Crippen LogP contribution in [0.3, 0.4) is 0 Å². The first-order valence-corrected chi connectivity index (χ1v) is 8.21. The summed E-state index contributed by atoms with van der Waals surface area (Å²) in [5, 5.41) is 3.79. The maximum atomic E-state index is 12.9. The van der Waals surface area contributed by atoms with E-state index in [4.69, 9.17) is 0 Å². The van der Waals surface area contributed by atoms with Gasteiger partial charge in [0.05, 0.1) is 11.7 Å². The lowest BCUT2D eigenvalue weighted by Crippen LogP contribution is -2.46. The highest BCUT2D eigenvalue weighted by molar-refractivity contribution is 5.89. The Morgan fingerprint density at radius 1 is 1.21 bits per heavy atom. The maximum absolute atomic E-state index is 12.9. The lowest BCUT2D eigenvalue weighted by molar-refractivity contribution is -0.134. The van der Waals surface area contributed by atoms with Crippen LogP contribution in [0.15, 0.2) is 0 Å². The lowest BCUT2D eigenvalue weighted by atomic mass is 9.97. The van der Waals surface area contributed by atoms with Gasteiger partial charge in [-0.1, -0.05) is 39.5 Å².